The molecule has 1 aromatic carbocycles. The Balaban J connectivity index is 1.58. The molecule has 0 atom stereocenters. The van der Waals surface area contributed by atoms with Crippen LogP contribution in [-0.4, -0.2) is 24.4 Å². The number of thiocarbonyl (C=S) groups is 1. The number of rotatable bonds is 6. The van der Waals surface area contributed by atoms with Gasteiger partial charge in [0.05, 0.1) is 11.1 Å². The van der Waals surface area contributed by atoms with Gasteiger partial charge < -0.3 is 15.4 Å². The normalized spacial score (nSPS) is 15.5. The summed E-state index contributed by atoms with van der Waals surface area (Å²) in [5.74, 6) is 0. The van der Waals surface area contributed by atoms with E-state index in [0.29, 0.717) is 16.2 Å². The Morgan fingerprint density at radius 1 is 1.32 bits per heavy atom. The molecule has 0 heterocycles. The van der Waals surface area contributed by atoms with Crippen LogP contribution in [0.25, 0.3) is 0 Å². The molecule has 1 fully saturated rings. The van der Waals surface area contributed by atoms with Gasteiger partial charge in [0, 0.05) is 23.3 Å². The second-order valence-corrected chi connectivity index (χ2v) is 7.16. The van der Waals surface area contributed by atoms with Crippen LogP contribution >= 0.6 is 39.7 Å². The van der Waals surface area contributed by atoms with E-state index in [9.17, 15) is 0 Å². The van der Waals surface area contributed by atoms with Gasteiger partial charge in [-0.15, -0.1) is 0 Å². The maximum Gasteiger partial charge on any atom is 0.170 e. The third kappa shape index (κ3) is 6.41. The lowest BCUT2D eigenvalue weighted by molar-refractivity contribution is 0.0277. The van der Waals surface area contributed by atoms with E-state index in [1.807, 2.05) is 18.2 Å². The van der Waals surface area contributed by atoms with Crippen molar-refractivity contribution in [1.29, 1.82) is 0 Å². The van der Waals surface area contributed by atoms with Crippen molar-refractivity contribution in [2.75, 3.05) is 18.5 Å². The molecule has 2 N–H and O–H groups in total. The molecule has 1 aromatic rings. The zero-order valence-electron chi connectivity index (χ0n) is 12.5. The minimum atomic E-state index is 0.476. The summed E-state index contributed by atoms with van der Waals surface area (Å²) >= 11 is 14.7. The van der Waals surface area contributed by atoms with Gasteiger partial charge in [0.25, 0.3) is 0 Å². The van der Waals surface area contributed by atoms with E-state index >= 15 is 0 Å². The van der Waals surface area contributed by atoms with Crippen molar-refractivity contribution in [3.05, 3.63) is 27.7 Å². The Morgan fingerprint density at radius 2 is 2.09 bits per heavy atom. The van der Waals surface area contributed by atoms with E-state index < -0.39 is 0 Å². The van der Waals surface area contributed by atoms with E-state index in [2.05, 4.69) is 26.6 Å². The summed E-state index contributed by atoms with van der Waals surface area (Å²) in [5, 5.41) is 7.58. The van der Waals surface area contributed by atoms with Crippen molar-refractivity contribution >= 4 is 50.5 Å². The van der Waals surface area contributed by atoms with E-state index in [4.69, 9.17) is 28.6 Å². The van der Waals surface area contributed by atoms with Gasteiger partial charge in [0.15, 0.2) is 5.11 Å². The van der Waals surface area contributed by atoms with E-state index in [1.165, 1.54) is 32.1 Å². The van der Waals surface area contributed by atoms with Crippen LogP contribution in [0, 0.1) is 0 Å². The van der Waals surface area contributed by atoms with Crippen LogP contribution in [0.3, 0.4) is 0 Å². The van der Waals surface area contributed by atoms with Crippen LogP contribution in [0.5, 0.6) is 0 Å². The van der Waals surface area contributed by atoms with Crippen molar-refractivity contribution in [2.24, 2.45) is 0 Å². The number of halogens is 2. The Hall–Kier alpha value is -0.360. The number of hydrogen-bond donors (Lipinski definition) is 2. The van der Waals surface area contributed by atoms with Crippen LogP contribution in [0.15, 0.2) is 22.7 Å². The number of ether oxygens (including phenoxy) is 1. The van der Waals surface area contributed by atoms with E-state index in [1.54, 1.807) is 0 Å². The molecule has 0 radical (unpaired) electrons. The monoisotopic (exact) mass is 404 g/mol. The zero-order valence-corrected chi connectivity index (χ0v) is 15.7. The summed E-state index contributed by atoms with van der Waals surface area (Å²) in [7, 11) is 0. The van der Waals surface area contributed by atoms with Crippen LogP contribution in [0.2, 0.25) is 5.02 Å². The Morgan fingerprint density at radius 3 is 2.82 bits per heavy atom. The molecule has 1 saturated carbocycles. The summed E-state index contributed by atoms with van der Waals surface area (Å²) in [5.41, 5.74) is 0.879. The molecule has 22 heavy (non-hydrogen) atoms. The Labute approximate surface area is 151 Å². The Bertz CT molecular complexity index is 495. The summed E-state index contributed by atoms with van der Waals surface area (Å²) in [4.78, 5) is 0. The molecule has 0 spiro atoms. The van der Waals surface area contributed by atoms with Gasteiger partial charge in [-0.25, -0.2) is 0 Å². The fourth-order valence-electron chi connectivity index (χ4n) is 2.51. The third-order valence-corrected chi connectivity index (χ3v) is 5.17. The molecule has 0 amide bonds. The lowest BCUT2D eigenvalue weighted by Gasteiger charge is -2.22. The molecule has 0 saturated heterocycles. The first-order valence-corrected chi connectivity index (χ1v) is 9.34. The molecule has 122 valence electrons. The van der Waals surface area contributed by atoms with Gasteiger partial charge in [-0.05, 0) is 65.6 Å². The zero-order chi connectivity index (χ0) is 15.8. The SMILES string of the molecule is S=C(NCCCOC1CCCCC1)Nc1ccc(Br)c(Cl)c1. The number of benzene rings is 1. The molecular formula is C16H22BrClN2OS. The van der Waals surface area contributed by atoms with Crippen molar-refractivity contribution < 1.29 is 4.74 Å². The van der Waals surface area contributed by atoms with Gasteiger partial charge in [-0.2, -0.15) is 0 Å². The highest BCUT2D eigenvalue weighted by molar-refractivity contribution is 9.10. The van der Waals surface area contributed by atoms with Gasteiger partial charge >= 0.3 is 0 Å². The molecule has 2 rings (SSSR count). The van der Waals surface area contributed by atoms with Gasteiger partial charge in [-0.3, -0.25) is 0 Å². The first-order valence-electron chi connectivity index (χ1n) is 7.76. The minimum Gasteiger partial charge on any atom is -0.378 e. The predicted octanol–water partition coefficient (Wildman–Crippen LogP) is 5.13. The maximum absolute atomic E-state index is 6.05. The van der Waals surface area contributed by atoms with Crippen LogP contribution in [0.1, 0.15) is 38.5 Å². The first-order chi connectivity index (χ1) is 10.6. The molecular weight excluding hydrogens is 384 g/mol. The van der Waals surface area contributed by atoms with Crippen molar-refractivity contribution in [1.82, 2.24) is 5.32 Å². The fraction of sp³-hybridized carbons (Fsp3) is 0.562. The summed E-state index contributed by atoms with van der Waals surface area (Å²) in [6, 6.07) is 5.66. The van der Waals surface area contributed by atoms with Crippen LogP contribution in [0.4, 0.5) is 5.69 Å². The van der Waals surface area contributed by atoms with Crippen LogP contribution < -0.4 is 10.6 Å². The molecule has 0 bridgehead atoms. The van der Waals surface area contributed by atoms with Crippen LogP contribution in [-0.2, 0) is 4.74 Å². The fourth-order valence-corrected chi connectivity index (χ4v) is 3.15. The van der Waals surface area contributed by atoms with Gasteiger partial charge in [0.2, 0.25) is 0 Å². The third-order valence-electron chi connectivity index (χ3n) is 3.69. The topological polar surface area (TPSA) is 33.3 Å². The van der Waals surface area contributed by atoms with Gasteiger partial charge in [-0.1, -0.05) is 30.9 Å². The van der Waals surface area contributed by atoms with Crippen molar-refractivity contribution in [2.45, 2.75) is 44.6 Å². The largest absolute Gasteiger partial charge is 0.378 e. The number of anilines is 1. The van der Waals surface area contributed by atoms with Crippen molar-refractivity contribution in [3.8, 4) is 0 Å². The molecule has 0 unspecified atom stereocenters. The summed E-state index contributed by atoms with van der Waals surface area (Å²) in [6.07, 6.45) is 7.86. The number of hydrogen-bond acceptors (Lipinski definition) is 2. The van der Waals surface area contributed by atoms with E-state index in [0.717, 1.165) is 29.7 Å². The molecule has 6 heteroatoms. The highest BCUT2D eigenvalue weighted by Gasteiger charge is 2.12. The minimum absolute atomic E-state index is 0.476. The molecule has 1 aliphatic rings. The maximum atomic E-state index is 6.05. The van der Waals surface area contributed by atoms with Crippen molar-refractivity contribution in [3.63, 3.8) is 0 Å². The average molecular weight is 406 g/mol. The average Bonchev–Trinajstić information content (AvgIpc) is 2.52. The summed E-state index contributed by atoms with van der Waals surface area (Å²) in [6.45, 7) is 1.60. The van der Waals surface area contributed by atoms with Gasteiger partial charge in [0.1, 0.15) is 0 Å². The first kappa shape index (κ1) is 18.0. The second-order valence-electron chi connectivity index (χ2n) is 5.49. The lowest BCUT2D eigenvalue weighted by atomic mass is 9.98. The molecule has 0 aromatic heterocycles. The highest BCUT2D eigenvalue weighted by Crippen LogP contribution is 2.25. The molecule has 3 nitrogen and oxygen atoms in total. The second kappa shape index (κ2) is 9.71. The predicted molar refractivity (Wildman–Crippen MR) is 101 cm³/mol. The number of nitrogens with one attached hydrogen (secondary N) is 2. The smallest absolute Gasteiger partial charge is 0.170 e. The Kier molecular flexibility index (Phi) is 7.94. The summed E-state index contributed by atoms with van der Waals surface area (Å²) < 4.78 is 6.76. The standard InChI is InChI=1S/C16H22BrClN2OS/c17-14-8-7-12(11-15(14)18)20-16(22)19-9-4-10-21-13-5-2-1-3-6-13/h7-8,11,13H,1-6,9-10H2,(H2,19,20,22). The quantitative estimate of drug-likeness (QED) is 0.508. The molecule has 0 aliphatic heterocycles. The molecule has 1 aliphatic carbocycles. The van der Waals surface area contributed by atoms with E-state index in [-0.39, 0.29) is 0 Å². The lowest BCUT2D eigenvalue weighted by Crippen LogP contribution is -2.30. The highest BCUT2D eigenvalue weighted by atomic mass is 79.9.